The van der Waals surface area contributed by atoms with E-state index in [0.29, 0.717) is 25.0 Å². The first-order valence-corrected chi connectivity index (χ1v) is 26.7. The molecule has 374 valence electrons. The number of carboxylic acids is 1. The number of nitrogens with one attached hydrogen (secondary N) is 3. The van der Waals surface area contributed by atoms with Crippen LogP contribution < -0.4 is 16.0 Å². The highest BCUT2D eigenvalue weighted by molar-refractivity contribution is 8.00. The Morgan fingerprint density at radius 3 is 1.34 bits per heavy atom. The van der Waals surface area contributed by atoms with Crippen molar-refractivity contribution in [2.45, 2.75) is 66.2 Å². The van der Waals surface area contributed by atoms with Crippen LogP contribution in [0.25, 0.3) is 0 Å². The fourth-order valence-corrected chi connectivity index (χ4v) is 12.1. The van der Waals surface area contributed by atoms with Crippen molar-refractivity contribution in [1.29, 1.82) is 0 Å². The molecule has 0 unspecified atom stereocenters. The summed E-state index contributed by atoms with van der Waals surface area (Å²) in [5.41, 5.74) is 7.22. The van der Waals surface area contributed by atoms with Crippen molar-refractivity contribution < 1.29 is 29.4 Å². The number of hydrogen-bond acceptors (Lipinski definition) is 7. The molecule has 0 saturated heterocycles. The lowest BCUT2D eigenvalue weighted by Gasteiger charge is -2.36. The molecule has 0 aliphatic heterocycles. The molecular formula is C62H63N3O6S2. The molecule has 0 heterocycles. The number of unbranched alkanes of at least 4 members (excludes halogenated alkanes) is 1. The largest absolute Gasteiger partial charge is 0.481 e. The van der Waals surface area contributed by atoms with Gasteiger partial charge in [0.05, 0.1) is 22.0 Å². The van der Waals surface area contributed by atoms with Gasteiger partial charge in [0.2, 0.25) is 17.7 Å². The summed E-state index contributed by atoms with van der Waals surface area (Å²) in [5, 5.41) is 29.3. The first-order valence-electron chi connectivity index (χ1n) is 24.8. The minimum atomic E-state index is -1.12. The maximum atomic E-state index is 14.6. The molecule has 0 saturated carbocycles. The summed E-state index contributed by atoms with van der Waals surface area (Å²) in [7, 11) is 0. The number of carboxylic acid groups (broad SMARTS) is 1. The number of aliphatic hydroxyl groups excluding tert-OH is 1. The molecule has 0 bridgehead atoms. The molecule has 9 nitrogen and oxygen atoms in total. The summed E-state index contributed by atoms with van der Waals surface area (Å²) in [5.74, 6) is -1.59. The van der Waals surface area contributed by atoms with Gasteiger partial charge in [0.1, 0.15) is 12.1 Å². The Kier molecular flexibility index (Phi) is 20.3. The summed E-state index contributed by atoms with van der Waals surface area (Å²) in [4.78, 5) is 54.0. The first kappa shape index (κ1) is 53.6. The van der Waals surface area contributed by atoms with Gasteiger partial charge in [-0.2, -0.15) is 0 Å². The van der Waals surface area contributed by atoms with Gasteiger partial charge in [-0.1, -0.05) is 224 Å². The highest BCUT2D eigenvalue weighted by Gasteiger charge is 2.40. The van der Waals surface area contributed by atoms with Crippen LogP contribution in [0.4, 0.5) is 0 Å². The zero-order valence-electron chi connectivity index (χ0n) is 40.8. The first-order chi connectivity index (χ1) is 35.7. The number of rotatable bonds is 27. The number of thioether (sulfide) groups is 2. The predicted molar refractivity (Wildman–Crippen MR) is 296 cm³/mol. The van der Waals surface area contributed by atoms with E-state index in [1.807, 2.05) is 121 Å². The van der Waals surface area contributed by atoms with E-state index in [0.717, 1.165) is 38.9 Å². The van der Waals surface area contributed by atoms with Crippen molar-refractivity contribution >= 4 is 47.2 Å². The quantitative estimate of drug-likeness (QED) is 0.0195. The number of benzene rings is 7. The second kappa shape index (κ2) is 27.6. The molecule has 0 fully saturated rings. The summed E-state index contributed by atoms with van der Waals surface area (Å²) in [6, 6.07) is 68.7. The van der Waals surface area contributed by atoms with Crippen LogP contribution in [-0.4, -0.2) is 70.1 Å². The third-order valence-electron chi connectivity index (χ3n) is 12.6. The molecule has 5 N–H and O–H groups in total. The van der Waals surface area contributed by atoms with Gasteiger partial charge in [0.25, 0.3) is 0 Å². The smallest absolute Gasteiger partial charge is 0.303 e. The molecule has 11 heteroatoms. The number of carbonyl (C=O) groups excluding carboxylic acids is 3. The van der Waals surface area contributed by atoms with E-state index in [9.17, 15) is 29.4 Å². The number of carbonyl (C=O) groups is 4. The predicted octanol–water partition coefficient (Wildman–Crippen LogP) is 10.7. The minimum absolute atomic E-state index is 0.0248. The molecule has 7 aromatic carbocycles. The third kappa shape index (κ3) is 14.7. The van der Waals surface area contributed by atoms with E-state index >= 15 is 0 Å². The molecule has 7 rings (SSSR count). The second-order valence-electron chi connectivity index (χ2n) is 17.7. The minimum Gasteiger partial charge on any atom is -0.481 e. The van der Waals surface area contributed by atoms with Gasteiger partial charge in [-0.3, -0.25) is 19.2 Å². The van der Waals surface area contributed by atoms with Gasteiger partial charge < -0.3 is 26.2 Å². The van der Waals surface area contributed by atoms with E-state index in [1.54, 1.807) is 6.08 Å². The number of hydrogen-bond donors (Lipinski definition) is 5. The van der Waals surface area contributed by atoms with Crippen LogP contribution in [0.15, 0.2) is 224 Å². The van der Waals surface area contributed by atoms with Crippen molar-refractivity contribution in [3.05, 3.63) is 263 Å². The fourth-order valence-electron chi connectivity index (χ4n) is 9.04. The van der Waals surface area contributed by atoms with Crippen molar-refractivity contribution in [3.63, 3.8) is 0 Å². The summed E-state index contributed by atoms with van der Waals surface area (Å²) >= 11 is 3.33. The van der Waals surface area contributed by atoms with Crippen molar-refractivity contribution in [2.24, 2.45) is 0 Å². The molecule has 7 aromatic rings. The van der Waals surface area contributed by atoms with Gasteiger partial charge in [-0.25, -0.2) is 0 Å². The van der Waals surface area contributed by atoms with Crippen LogP contribution in [-0.2, 0) is 35.1 Å². The van der Waals surface area contributed by atoms with E-state index in [2.05, 4.69) is 125 Å². The normalized spacial score (nSPS) is 12.8. The Hall–Kier alpha value is -7.18. The highest BCUT2D eigenvalue weighted by atomic mass is 32.2. The molecule has 0 aliphatic carbocycles. The van der Waals surface area contributed by atoms with Crippen molar-refractivity contribution in [1.82, 2.24) is 16.0 Å². The van der Waals surface area contributed by atoms with Crippen molar-refractivity contribution in [2.75, 3.05) is 18.1 Å². The van der Waals surface area contributed by atoms with Crippen LogP contribution in [0.3, 0.4) is 0 Å². The molecule has 0 aromatic heterocycles. The van der Waals surface area contributed by atoms with Crippen LogP contribution >= 0.6 is 23.5 Å². The number of allylic oxidation sites excluding steroid dienone is 1. The SMILES string of the molecule is O=C(O)CCCCNC(=O)[C@@H](CSC(c1ccccc1)(c1ccccc1)c1ccccc1)NC(=O)[C@@H](Cc1ccccc1)NC(=O)C[C@H](O)C=CCCSC(c1ccccc1)(c1ccccc1)c1ccccc1. The Morgan fingerprint density at radius 1 is 0.507 bits per heavy atom. The summed E-state index contributed by atoms with van der Waals surface area (Å²) < 4.78 is -1.29. The molecular weight excluding hydrogens is 947 g/mol. The summed E-state index contributed by atoms with van der Waals surface area (Å²) in [6.45, 7) is 0.215. The van der Waals surface area contributed by atoms with Gasteiger partial charge in [0.15, 0.2) is 0 Å². The maximum absolute atomic E-state index is 14.6. The lowest BCUT2D eigenvalue weighted by Crippen LogP contribution is -2.55. The molecule has 3 amide bonds. The Bertz CT molecular complexity index is 2610. The van der Waals surface area contributed by atoms with Gasteiger partial charge >= 0.3 is 5.97 Å². The van der Waals surface area contributed by atoms with Gasteiger partial charge in [-0.05, 0) is 64.0 Å². The summed E-state index contributed by atoms with van der Waals surface area (Å²) in [6.07, 6.45) is 3.67. The van der Waals surface area contributed by atoms with Crippen LogP contribution in [0.1, 0.15) is 71.0 Å². The number of amides is 3. The molecule has 0 radical (unpaired) electrons. The Morgan fingerprint density at radius 2 is 0.918 bits per heavy atom. The zero-order chi connectivity index (χ0) is 51.1. The van der Waals surface area contributed by atoms with Gasteiger partial charge in [0, 0.05) is 25.1 Å². The third-order valence-corrected chi connectivity index (χ3v) is 15.8. The van der Waals surface area contributed by atoms with Crippen LogP contribution in [0.5, 0.6) is 0 Å². The average molecular weight is 1010 g/mol. The Labute approximate surface area is 438 Å². The standard InChI is InChI=1S/C62H63N3O6S2/c66-54(40-23-25-43-72-61(48-28-10-2-11-29-48,49-30-12-3-13-31-49)50-32-14-4-15-33-50)45-57(67)64-55(44-47-26-8-1-9-27-47)60(71)65-56(59(70)63-42-24-22-41-58(68)69)46-73-62(51-34-16-5-17-35-51,52-36-18-6-19-37-52)53-38-20-7-21-39-53/h1-21,23,26-40,54-56,66H,22,24-25,41-46H2,(H,63,70)(H,64,67)(H,65,71)(H,68,69)/t54-,55-,56-/m1/s1. The Balaban J connectivity index is 1.08. The second-order valence-corrected chi connectivity index (χ2v) is 20.3. The topological polar surface area (TPSA) is 145 Å². The monoisotopic (exact) mass is 1010 g/mol. The van der Waals surface area contributed by atoms with Gasteiger partial charge in [-0.15, -0.1) is 23.5 Å². The lowest BCUT2D eigenvalue weighted by molar-refractivity contribution is -0.137. The maximum Gasteiger partial charge on any atom is 0.303 e. The van der Waals surface area contributed by atoms with E-state index < -0.39 is 51.4 Å². The zero-order valence-corrected chi connectivity index (χ0v) is 42.4. The van der Waals surface area contributed by atoms with E-state index in [-0.39, 0.29) is 31.6 Å². The molecule has 0 spiro atoms. The number of aliphatic hydroxyl groups is 1. The molecule has 73 heavy (non-hydrogen) atoms. The fraction of sp³-hybridized carbons (Fsp3) is 0.226. The average Bonchev–Trinajstić information content (AvgIpc) is 3.43. The van der Waals surface area contributed by atoms with Crippen LogP contribution in [0.2, 0.25) is 0 Å². The molecule has 3 atom stereocenters. The van der Waals surface area contributed by atoms with E-state index in [4.69, 9.17) is 0 Å². The number of aliphatic carboxylic acids is 1. The van der Waals surface area contributed by atoms with E-state index in [1.165, 1.54) is 11.8 Å². The highest BCUT2D eigenvalue weighted by Crippen LogP contribution is 2.50. The van der Waals surface area contributed by atoms with Crippen LogP contribution in [0, 0.1) is 0 Å². The lowest BCUT2D eigenvalue weighted by atomic mass is 9.84. The molecule has 0 aliphatic rings. The van der Waals surface area contributed by atoms with Crippen molar-refractivity contribution in [3.8, 4) is 0 Å².